The molecule has 0 unspecified atom stereocenters. The van der Waals surface area contributed by atoms with E-state index in [2.05, 4.69) is 20.9 Å². The summed E-state index contributed by atoms with van der Waals surface area (Å²) in [6, 6.07) is 3.60. The van der Waals surface area contributed by atoms with E-state index in [4.69, 9.17) is 9.15 Å². The van der Waals surface area contributed by atoms with Crippen molar-refractivity contribution < 1.29 is 18.7 Å². The molecule has 0 bridgehead atoms. The number of hydrogen-bond donors (Lipinski definition) is 1. The van der Waals surface area contributed by atoms with Gasteiger partial charge in [-0.2, -0.15) is 0 Å². The van der Waals surface area contributed by atoms with Gasteiger partial charge in [-0.15, -0.1) is 0 Å². The molecule has 2 aromatic rings. The summed E-state index contributed by atoms with van der Waals surface area (Å²) in [7, 11) is 0. The standard InChI is InChI=1S/C21H27BrN2O4/c1-4-27-21(26)19-13(2)16(14(3)23-19)12-24(15-8-6-5-7-9-15)20(25)17-10-11-18(22)28-17/h10-11,15,23H,4-9,12H2,1-3H3. The van der Waals surface area contributed by atoms with Gasteiger partial charge < -0.3 is 19.0 Å². The number of H-pyrrole nitrogens is 1. The molecule has 1 N–H and O–H groups in total. The Hall–Kier alpha value is -2.02. The third-order valence-corrected chi connectivity index (χ3v) is 5.89. The smallest absolute Gasteiger partial charge is 0.355 e. The minimum absolute atomic E-state index is 0.115. The largest absolute Gasteiger partial charge is 0.461 e. The Kier molecular flexibility index (Phi) is 6.65. The summed E-state index contributed by atoms with van der Waals surface area (Å²) in [6.07, 6.45) is 5.42. The molecular weight excluding hydrogens is 424 g/mol. The lowest BCUT2D eigenvalue weighted by Crippen LogP contribution is -2.41. The second kappa shape index (κ2) is 8.99. The van der Waals surface area contributed by atoms with Gasteiger partial charge in [-0.1, -0.05) is 19.3 Å². The third kappa shape index (κ3) is 4.35. The van der Waals surface area contributed by atoms with Crippen molar-refractivity contribution in [2.45, 2.75) is 65.5 Å². The summed E-state index contributed by atoms with van der Waals surface area (Å²) in [6.45, 7) is 6.38. The zero-order valence-corrected chi connectivity index (χ0v) is 18.2. The second-order valence-electron chi connectivity index (χ2n) is 7.28. The van der Waals surface area contributed by atoms with Gasteiger partial charge in [-0.3, -0.25) is 4.79 Å². The fourth-order valence-corrected chi connectivity index (χ4v) is 4.24. The van der Waals surface area contributed by atoms with Crippen molar-refractivity contribution in [3.63, 3.8) is 0 Å². The summed E-state index contributed by atoms with van der Waals surface area (Å²) in [5, 5.41) is 0. The number of carbonyl (C=O) groups is 2. The van der Waals surface area contributed by atoms with E-state index in [-0.39, 0.29) is 17.9 Å². The van der Waals surface area contributed by atoms with Crippen molar-refractivity contribution in [2.75, 3.05) is 6.61 Å². The van der Waals surface area contributed by atoms with E-state index >= 15 is 0 Å². The number of halogens is 1. The van der Waals surface area contributed by atoms with Crippen molar-refractivity contribution >= 4 is 27.8 Å². The van der Waals surface area contributed by atoms with Crippen molar-refractivity contribution in [3.8, 4) is 0 Å². The van der Waals surface area contributed by atoms with Gasteiger partial charge >= 0.3 is 5.97 Å². The van der Waals surface area contributed by atoms with Crippen LogP contribution in [-0.4, -0.2) is 34.4 Å². The molecule has 1 aliphatic rings. The Labute approximate surface area is 173 Å². The van der Waals surface area contributed by atoms with E-state index in [0.717, 1.165) is 42.5 Å². The van der Waals surface area contributed by atoms with Crippen LogP contribution >= 0.6 is 15.9 Å². The lowest BCUT2D eigenvalue weighted by molar-refractivity contribution is 0.0519. The van der Waals surface area contributed by atoms with E-state index in [1.165, 1.54) is 6.42 Å². The lowest BCUT2D eigenvalue weighted by atomic mass is 9.93. The van der Waals surface area contributed by atoms with Crippen LogP contribution in [0.25, 0.3) is 0 Å². The molecule has 0 atom stereocenters. The maximum atomic E-state index is 13.2. The zero-order valence-electron chi connectivity index (χ0n) is 16.6. The van der Waals surface area contributed by atoms with E-state index in [1.54, 1.807) is 19.1 Å². The average molecular weight is 451 g/mol. The third-order valence-electron chi connectivity index (χ3n) is 5.46. The summed E-state index contributed by atoms with van der Waals surface area (Å²) in [5.74, 6) is -0.149. The van der Waals surface area contributed by atoms with Gasteiger partial charge in [0.2, 0.25) is 0 Å². The molecule has 6 nitrogen and oxygen atoms in total. The van der Waals surface area contributed by atoms with Crippen LogP contribution in [0.5, 0.6) is 0 Å². The number of esters is 1. The van der Waals surface area contributed by atoms with Crippen LogP contribution in [0.2, 0.25) is 0 Å². The molecule has 0 spiro atoms. The highest BCUT2D eigenvalue weighted by Gasteiger charge is 2.30. The van der Waals surface area contributed by atoms with Crippen molar-refractivity contribution in [2.24, 2.45) is 0 Å². The molecule has 3 rings (SSSR count). The fraction of sp³-hybridized carbons (Fsp3) is 0.524. The Bertz CT molecular complexity index is 849. The van der Waals surface area contributed by atoms with Crippen LogP contribution in [0.1, 0.15) is 76.9 Å². The normalized spacial score (nSPS) is 14.9. The van der Waals surface area contributed by atoms with Crippen LogP contribution in [0, 0.1) is 13.8 Å². The highest BCUT2D eigenvalue weighted by atomic mass is 79.9. The molecular formula is C21H27BrN2O4. The highest BCUT2D eigenvalue weighted by Crippen LogP contribution is 2.29. The van der Waals surface area contributed by atoms with Gasteiger partial charge in [0, 0.05) is 18.3 Å². The van der Waals surface area contributed by atoms with Crippen LogP contribution in [0.4, 0.5) is 0 Å². The fourth-order valence-electron chi connectivity index (χ4n) is 3.93. The minimum Gasteiger partial charge on any atom is -0.461 e. The summed E-state index contributed by atoms with van der Waals surface area (Å²) in [4.78, 5) is 30.5. The molecule has 0 saturated heterocycles. The SMILES string of the molecule is CCOC(=O)c1[nH]c(C)c(CN(C(=O)c2ccc(Br)o2)C2CCCCC2)c1C. The first-order valence-electron chi connectivity index (χ1n) is 9.83. The van der Waals surface area contributed by atoms with Crippen LogP contribution in [-0.2, 0) is 11.3 Å². The number of aromatic amines is 1. The molecule has 1 saturated carbocycles. The van der Waals surface area contributed by atoms with Crippen LogP contribution in [0.3, 0.4) is 0 Å². The van der Waals surface area contributed by atoms with Gasteiger partial charge in [-0.05, 0) is 72.8 Å². The van der Waals surface area contributed by atoms with Crippen LogP contribution in [0.15, 0.2) is 21.2 Å². The first-order chi connectivity index (χ1) is 13.4. The second-order valence-corrected chi connectivity index (χ2v) is 8.06. The number of furan rings is 1. The molecule has 152 valence electrons. The zero-order chi connectivity index (χ0) is 20.3. The summed E-state index contributed by atoms with van der Waals surface area (Å²) >= 11 is 3.28. The van der Waals surface area contributed by atoms with Crippen molar-refractivity contribution in [1.82, 2.24) is 9.88 Å². The Morgan fingerprint density at radius 2 is 1.96 bits per heavy atom. The number of ether oxygens (including phenoxy) is 1. The van der Waals surface area contributed by atoms with Gasteiger partial charge in [-0.25, -0.2) is 4.79 Å². The number of hydrogen-bond acceptors (Lipinski definition) is 4. The molecule has 0 radical (unpaired) electrons. The molecule has 0 aliphatic heterocycles. The molecule has 7 heteroatoms. The monoisotopic (exact) mass is 450 g/mol. The highest BCUT2D eigenvalue weighted by molar-refractivity contribution is 9.10. The first kappa shape index (κ1) is 20.7. The average Bonchev–Trinajstić information content (AvgIpc) is 3.24. The number of nitrogens with one attached hydrogen (secondary N) is 1. The molecule has 1 aliphatic carbocycles. The van der Waals surface area contributed by atoms with Crippen molar-refractivity contribution in [3.05, 3.63) is 45.1 Å². The number of aromatic nitrogens is 1. The molecule has 28 heavy (non-hydrogen) atoms. The maximum absolute atomic E-state index is 13.2. The van der Waals surface area contributed by atoms with Gasteiger partial charge in [0.1, 0.15) is 5.69 Å². The van der Waals surface area contributed by atoms with Crippen LogP contribution < -0.4 is 0 Å². The maximum Gasteiger partial charge on any atom is 0.355 e. The molecule has 1 amide bonds. The molecule has 0 aromatic carbocycles. The molecule has 2 heterocycles. The summed E-state index contributed by atoms with van der Waals surface area (Å²) < 4.78 is 11.2. The van der Waals surface area contributed by atoms with Gasteiger partial charge in [0.05, 0.1) is 6.61 Å². The van der Waals surface area contributed by atoms with E-state index in [0.29, 0.717) is 29.3 Å². The van der Waals surface area contributed by atoms with Gasteiger partial charge in [0.25, 0.3) is 5.91 Å². The number of aryl methyl sites for hydroxylation is 1. The van der Waals surface area contributed by atoms with E-state index in [9.17, 15) is 9.59 Å². The topological polar surface area (TPSA) is 75.5 Å². The predicted octanol–water partition coefficient (Wildman–Crippen LogP) is 5.14. The number of amides is 1. The van der Waals surface area contributed by atoms with Gasteiger partial charge in [0.15, 0.2) is 10.4 Å². The first-order valence-corrected chi connectivity index (χ1v) is 10.6. The summed E-state index contributed by atoms with van der Waals surface area (Å²) in [5.41, 5.74) is 3.15. The van der Waals surface area contributed by atoms with E-state index in [1.807, 2.05) is 18.7 Å². The quantitative estimate of drug-likeness (QED) is 0.618. The Morgan fingerprint density at radius 1 is 1.25 bits per heavy atom. The number of carbonyl (C=O) groups excluding carboxylic acids is 2. The minimum atomic E-state index is -0.361. The molecule has 2 aromatic heterocycles. The number of rotatable bonds is 6. The Balaban J connectivity index is 1.91. The van der Waals surface area contributed by atoms with Crippen molar-refractivity contribution in [1.29, 1.82) is 0 Å². The molecule has 1 fully saturated rings. The predicted molar refractivity (Wildman–Crippen MR) is 109 cm³/mol. The lowest BCUT2D eigenvalue weighted by Gasteiger charge is -2.34. The Morgan fingerprint density at radius 3 is 2.57 bits per heavy atom. The van der Waals surface area contributed by atoms with E-state index < -0.39 is 0 Å². The number of nitrogens with zero attached hydrogens (tertiary/aromatic N) is 1.